The molecule has 1 atom stereocenters. The fourth-order valence-corrected chi connectivity index (χ4v) is 5.52. The molecular weight excluding hydrogens is 429 g/mol. The van der Waals surface area contributed by atoms with E-state index in [1.54, 1.807) is 6.07 Å². The van der Waals surface area contributed by atoms with Gasteiger partial charge in [-0.05, 0) is 57.5 Å². The minimum absolute atomic E-state index is 0.0191. The number of nitrogens with zero attached hydrogens (tertiary/aromatic N) is 5. The van der Waals surface area contributed by atoms with Crippen LogP contribution in [-0.2, 0) is 11.3 Å². The van der Waals surface area contributed by atoms with Crippen LogP contribution in [0.15, 0.2) is 48.5 Å². The van der Waals surface area contributed by atoms with Crippen LogP contribution in [0.1, 0.15) is 38.6 Å². The number of likely N-dealkylation sites (tertiary alicyclic amines) is 1. The van der Waals surface area contributed by atoms with Crippen LogP contribution in [0, 0.1) is 11.7 Å². The predicted octanol–water partition coefficient (Wildman–Crippen LogP) is 4.32. The molecule has 0 spiro atoms. The molecule has 34 heavy (non-hydrogen) atoms. The Morgan fingerprint density at radius 2 is 1.76 bits per heavy atom. The Bertz CT molecular complexity index is 1150. The van der Waals surface area contributed by atoms with E-state index in [2.05, 4.69) is 41.5 Å². The molecule has 3 heterocycles. The third-order valence-electron chi connectivity index (χ3n) is 7.19. The number of hydrogen-bond acceptors (Lipinski definition) is 4. The molecule has 180 valence electrons. The maximum absolute atomic E-state index is 14.2. The lowest BCUT2D eigenvalue weighted by atomic mass is 9.96. The summed E-state index contributed by atoms with van der Waals surface area (Å²) in [6, 6.07) is 15.5. The number of piperidine rings is 1. The van der Waals surface area contributed by atoms with Crippen molar-refractivity contribution < 1.29 is 9.18 Å². The van der Waals surface area contributed by atoms with Gasteiger partial charge in [0, 0.05) is 38.8 Å². The second-order valence-electron chi connectivity index (χ2n) is 9.82. The summed E-state index contributed by atoms with van der Waals surface area (Å²) in [7, 11) is 0. The molecule has 2 fully saturated rings. The van der Waals surface area contributed by atoms with Gasteiger partial charge < -0.3 is 14.4 Å². The molecule has 3 aromatic rings. The van der Waals surface area contributed by atoms with E-state index in [-0.39, 0.29) is 17.6 Å². The van der Waals surface area contributed by atoms with E-state index in [1.807, 2.05) is 28.0 Å². The summed E-state index contributed by atoms with van der Waals surface area (Å²) in [6.07, 6.45) is 1.96. The van der Waals surface area contributed by atoms with Crippen molar-refractivity contribution in [3.05, 3.63) is 60.2 Å². The second-order valence-corrected chi connectivity index (χ2v) is 9.82. The van der Waals surface area contributed by atoms with Gasteiger partial charge in [-0.15, -0.1) is 0 Å². The average Bonchev–Trinajstić information content (AvgIpc) is 3.22. The molecule has 2 aliphatic heterocycles. The topological polar surface area (TPSA) is 44.6 Å². The summed E-state index contributed by atoms with van der Waals surface area (Å²) in [5.41, 5.74) is 2.83. The SMILES string of the molecule is CC(C)n1c(CN2CCC[C@@H](C(=O)N3CCN(c4ccccc4F)CC3)C2)nc2ccccc21. The number of imidazole rings is 1. The Labute approximate surface area is 201 Å². The van der Waals surface area contributed by atoms with Gasteiger partial charge in [0.15, 0.2) is 0 Å². The van der Waals surface area contributed by atoms with Crippen LogP contribution in [0.3, 0.4) is 0 Å². The van der Waals surface area contributed by atoms with Crippen molar-refractivity contribution >= 4 is 22.6 Å². The summed E-state index contributed by atoms with van der Waals surface area (Å²) in [5.74, 6) is 1.14. The molecule has 0 radical (unpaired) electrons. The summed E-state index contributed by atoms with van der Waals surface area (Å²) in [5, 5.41) is 0. The van der Waals surface area contributed by atoms with Crippen molar-refractivity contribution in [1.29, 1.82) is 0 Å². The maximum atomic E-state index is 14.2. The monoisotopic (exact) mass is 463 g/mol. The number of piperazine rings is 1. The van der Waals surface area contributed by atoms with Crippen LogP contribution in [0.2, 0.25) is 0 Å². The number of carbonyl (C=O) groups excluding carboxylic acids is 1. The molecule has 7 heteroatoms. The number of hydrogen-bond donors (Lipinski definition) is 0. The Morgan fingerprint density at radius 1 is 1.03 bits per heavy atom. The van der Waals surface area contributed by atoms with Crippen LogP contribution in [0.25, 0.3) is 11.0 Å². The zero-order chi connectivity index (χ0) is 23.7. The normalized spacial score (nSPS) is 19.8. The van der Waals surface area contributed by atoms with Crippen molar-refractivity contribution in [3.8, 4) is 0 Å². The Balaban J connectivity index is 1.22. The van der Waals surface area contributed by atoms with Crippen LogP contribution in [-0.4, -0.2) is 64.5 Å². The number of amides is 1. The second kappa shape index (κ2) is 9.74. The third kappa shape index (κ3) is 4.53. The van der Waals surface area contributed by atoms with Crippen molar-refractivity contribution in [2.45, 2.75) is 39.3 Å². The number of para-hydroxylation sites is 3. The van der Waals surface area contributed by atoms with E-state index in [1.165, 1.54) is 11.6 Å². The van der Waals surface area contributed by atoms with E-state index in [0.717, 1.165) is 43.8 Å². The molecule has 0 bridgehead atoms. The molecule has 2 saturated heterocycles. The van der Waals surface area contributed by atoms with Gasteiger partial charge >= 0.3 is 0 Å². The van der Waals surface area contributed by atoms with E-state index < -0.39 is 0 Å². The van der Waals surface area contributed by atoms with Crippen molar-refractivity contribution in [2.24, 2.45) is 5.92 Å². The number of benzene rings is 2. The van der Waals surface area contributed by atoms with Crippen molar-refractivity contribution in [1.82, 2.24) is 19.4 Å². The number of rotatable bonds is 5. The standard InChI is InChI=1S/C27H34FN5O/c1-20(2)33-25-12-6-4-10-23(25)29-26(33)19-30-13-7-8-21(18-30)27(34)32-16-14-31(15-17-32)24-11-5-3-9-22(24)28/h3-6,9-12,20-21H,7-8,13-19H2,1-2H3/t21-/m1/s1. The van der Waals surface area contributed by atoms with Gasteiger partial charge in [0.25, 0.3) is 0 Å². The van der Waals surface area contributed by atoms with Gasteiger partial charge in [-0.1, -0.05) is 24.3 Å². The minimum atomic E-state index is -0.197. The van der Waals surface area contributed by atoms with Crippen LogP contribution < -0.4 is 4.90 Å². The molecule has 0 N–H and O–H groups in total. The molecule has 2 aliphatic rings. The summed E-state index contributed by atoms with van der Waals surface area (Å²) in [6.45, 7) is 9.54. The summed E-state index contributed by atoms with van der Waals surface area (Å²) >= 11 is 0. The smallest absolute Gasteiger partial charge is 0.227 e. The fourth-order valence-electron chi connectivity index (χ4n) is 5.52. The van der Waals surface area contributed by atoms with E-state index in [4.69, 9.17) is 4.98 Å². The van der Waals surface area contributed by atoms with Gasteiger partial charge in [0.05, 0.1) is 29.2 Å². The largest absolute Gasteiger partial charge is 0.366 e. The van der Waals surface area contributed by atoms with E-state index in [0.29, 0.717) is 37.9 Å². The summed E-state index contributed by atoms with van der Waals surface area (Å²) < 4.78 is 16.5. The molecule has 0 unspecified atom stereocenters. The molecule has 0 aliphatic carbocycles. The zero-order valence-corrected chi connectivity index (χ0v) is 20.2. The number of fused-ring (bicyclic) bond motifs is 1. The molecule has 6 nitrogen and oxygen atoms in total. The first kappa shape index (κ1) is 22.8. The number of aromatic nitrogens is 2. The number of carbonyl (C=O) groups is 1. The van der Waals surface area contributed by atoms with Gasteiger partial charge in [-0.2, -0.15) is 0 Å². The number of anilines is 1. The lowest BCUT2D eigenvalue weighted by Crippen LogP contribution is -2.52. The first-order valence-corrected chi connectivity index (χ1v) is 12.5. The van der Waals surface area contributed by atoms with E-state index >= 15 is 0 Å². The van der Waals surface area contributed by atoms with Crippen molar-refractivity contribution in [2.75, 3.05) is 44.2 Å². The molecule has 1 amide bonds. The summed E-state index contributed by atoms with van der Waals surface area (Å²) in [4.78, 5) is 24.7. The highest BCUT2D eigenvalue weighted by Gasteiger charge is 2.32. The van der Waals surface area contributed by atoms with Crippen LogP contribution in [0.5, 0.6) is 0 Å². The first-order chi connectivity index (χ1) is 16.5. The number of halogens is 1. The van der Waals surface area contributed by atoms with Gasteiger partial charge in [0.2, 0.25) is 5.91 Å². The lowest BCUT2D eigenvalue weighted by molar-refractivity contribution is -0.137. The molecular formula is C27H34FN5O. The fraction of sp³-hybridized carbons (Fsp3) is 0.481. The van der Waals surface area contributed by atoms with Gasteiger partial charge in [-0.3, -0.25) is 9.69 Å². The molecule has 5 rings (SSSR count). The molecule has 0 saturated carbocycles. The Morgan fingerprint density at radius 3 is 2.53 bits per heavy atom. The minimum Gasteiger partial charge on any atom is -0.366 e. The highest BCUT2D eigenvalue weighted by atomic mass is 19.1. The third-order valence-corrected chi connectivity index (χ3v) is 7.19. The lowest BCUT2D eigenvalue weighted by Gasteiger charge is -2.39. The zero-order valence-electron chi connectivity index (χ0n) is 20.2. The first-order valence-electron chi connectivity index (χ1n) is 12.5. The van der Waals surface area contributed by atoms with Crippen LogP contribution in [0.4, 0.5) is 10.1 Å². The highest BCUT2D eigenvalue weighted by molar-refractivity contribution is 5.79. The Kier molecular flexibility index (Phi) is 6.55. The Hall–Kier alpha value is -2.93. The molecule has 2 aromatic carbocycles. The van der Waals surface area contributed by atoms with Crippen molar-refractivity contribution in [3.63, 3.8) is 0 Å². The van der Waals surface area contributed by atoms with E-state index in [9.17, 15) is 9.18 Å². The average molecular weight is 464 g/mol. The highest BCUT2D eigenvalue weighted by Crippen LogP contribution is 2.26. The predicted molar refractivity (Wildman–Crippen MR) is 133 cm³/mol. The quantitative estimate of drug-likeness (QED) is 0.565. The maximum Gasteiger partial charge on any atom is 0.227 e. The van der Waals surface area contributed by atoms with Gasteiger partial charge in [0.1, 0.15) is 11.6 Å². The molecule has 1 aromatic heterocycles. The van der Waals surface area contributed by atoms with Crippen LogP contribution >= 0.6 is 0 Å². The van der Waals surface area contributed by atoms with Gasteiger partial charge in [-0.25, -0.2) is 9.37 Å².